The zero-order chi connectivity index (χ0) is 39.7. The van der Waals surface area contributed by atoms with Crippen molar-refractivity contribution in [2.24, 2.45) is 0 Å². The fourth-order valence-corrected chi connectivity index (χ4v) is 6.30. The smallest absolute Gasteiger partial charge is 0.341 e. The van der Waals surface area contributed by atoms with E-state index in [1.807, 2.05) is 23.6 Å². The van der Waals surface area contributed by atoms with Gasteiger partial charge in [-0.05, 0) is 51.0 Å². The third kappa shape index (κ3) is 10.8. The van der Waals surface area contributed by atoms with E-state index < -0.39 is 59.2 Å². The summed E-state index contributed by atoms with van der Waals surface area (Å²) in [6.45, 7) is 11.3. The van der Waals surface area contributed by atoms with Gasteiger partial charge in [-0.3, -0.25) is 9.59 Å². The van der Waals surface area contributed by atoms with Crippen molar-refractivity contribution >= 4 is 57.1 Å². The van der Waals surface area contributed by atoms with Gasteiger partial charge < -0.3 is 70.5 Å². The lowest BCUT2D eigenvalue weighted by atomic mass is 10.1. The Labute approximate surface area is 317 Å². The number of carbonyl (C=O) groups excluding carboxylic acids is 2. The van der Waals surface area contributed by atoms with E-state index in [4.69, 9.17) is 10.2 Å². The Morgan fingerprint density at radius 1 is 0.643 bits per heavy atom. The van der Waals surface area contributed by atoms with Gasteiger partial charge in [0.15, 0.2) is 0 Å². The lowest BCUT2D eigenvalue weighted by Crippen LogP contribution is -2.89. The summed E-state index contributed by atoms with van der Waals surface area (Å²) in [5.74, 6) is -6.29. The van der Waals surface area contributed by atoms with Gasteiger partial charge >= 0.3 is 11.9 Å². The quantitative estimate of drug-likeness (QED) is 0.127. The van der Waals surface area contributed by atoms with Crippen molar-refractivity contribution < 1.29 is 70.0 Å². The number of piperazine rings is 2. The van der Waals surface area contributed by atoms with Crippen molar-refractivity contribution in [3.63, 3.8) is 0 Å². The van der Waals surface area contributed by atoms with E-state index >= 15 is 0 Å². The molecule has 306 valence electrons. The molecule has 2 fully saturated rings. The number of anilines is 2. The number of quaternary nitrogens is 2. The van der Waals surface area contributed by atoms with Crippen LogP contribution in [-0.2, 0) is 22.7 Å². The monoisotopic (exact) mass is 792 g/mol. The highest BCUT2D eigenvalue weighted by Crippen LogP contribution is 2.27. The summed E-state index contributed by atoms with van der Waals surface area (Å²) in [6.07, 6.45) is 1.72. The number of aliphatic carboxylic acids is 2. The minimum Gasteiger partial charge on any atom is -0.550 e. The highest BCUT2D eigenvalue weighted by Gasteiger charge is 2.22. The van der Waals surface area contributed by atoms with Crippen LogP contribution < -0.4 is 41.5 Å². The fourth-order valence-electron chi connectivity index (χ4n) is 6.30. The number of halogens is 2. The maximum Gasteiger partial charge on any atom is 0.341 e. The molecule has 10 N–H and O–H groups in total. The second kappa shape index (κ2) is 20.6. The van der Waals surface area contributed by atoms with Crippen molar-refractivity contribution in [2.45, 2.75) is 39.8 Å². The Kier molecular flexibility index (Phi) is 17.0. The van der Waals surface area contributed by atoms with Crippen LogP contribution in [0.5, 0.6) is 0 Å². The number of rotatable bonds is 9. The zero-order valence-electron chi connectivity index (χ0n) is 30.8. The molecular formula is C36H46F2N6O12. The molecule has 0 spiro atoms. The molecular weight excluding hydrogens is 746 g/mol. The van der Waals surface area contributed by atoms with Crippen LogP contribution in [0.15, 0.2) is 46.2 Å². The van der Waals surface area contributed by atoms with Gasteiger partial charge in [-0.1, -0.05) is 0 Å². The Morgan fingerprint density at radius 3 is 1.23 bits per heavy atom. The Morgan fingerprint density at radius 2 is 0.964 bits per heavy atom. The number of aryl methyl sites for hydroxylation is 2. The number of carboxylic acids is 4. The van der Waals surface area contributed by atoms with Crippen molar-refractivity contribution in [1.29, 1.82) is 0 Å². The van der Waals surface area contributed by atoms with Gasteiger partial charge in [0.1, 0.15) is 22.8 Å². The molecule has 56 heavy (non-hydrogen) atoms. The number of hydrogen-bond donors (Lipinski definition) is 4. The lowest BCUT2D eigenvalue weighted by molar-refractivity contribution is -0.655. The topological polar surface area (TPSA) is 302 Å². The van der Waals surface area contributed by atoms with Crippen molar-refractivity contribution in [3.05, 3.63) is 79.9 Å². The van der Waals surface area contributed by atoms with Gasteiger partial charge in [-0.15, -0.1) is 0 Å². The highest BCUT2D eigenvalue weighted by atomic mass is 19.1. The van der Waals surface area contributed by atoms with E-state index in [1.54, 1.807) is 21.3 Å². The van der Waals surface area contributed by atoms with E-state index in [-0.39, 0.29) is 32.9 Å². The van der Waals surface area contributed by atoms with Crippen LogP contribution in [0, 0.1) is 11.6 Å². The Hall–Kier alpha value is -5.96. The highest BCUT2D eigenvalue weighted by molar-refractivity contribution is 5.94. The molecule has 2 aromatic heterocycles. The number of carboxylic acid groups (broad SMARTS) is 4. The summed E-state index contributed by atoms with van der Waals surface area (Å²) < 4.78 is 32.4. The van der Waals surface area contributed by atoms with E-state index in [9.17, 15) is 47.8 Å². The minimum atomic E-state index is -1.37. The maximum absolute atomic E-state index is 14.5. The van der Waals surface area contributed by atoms with Crippen LogP contribution >= 0.6 is 0 Å². The standard InChI is InChI=1S/2C16H18FN3O3.C4H6O4.2H2O/c2*1-2-19-9-11(16(22)23)15(21)10-7-12(17)14(8-13(10)19)20-5-3-18-4-6-20;5-3(6)1-2-4(7)8;;/h2*7-9,18H,2-6H2,1H3,(H,22,23);1-2H2,(H,5,6)(H,7,8);2*1H2. The third-order valence-electron chi connectivity index (χ3n) is 9.07. The summed E-state index contributed by atoms with van der Waals surface area (Å²) in [5.41, 5.74) is 0.106. The van der Waals surface area contributed by atoms with Gasteiger partial charge in [0, 0.05) is 48.2 Å². The molecule has 0 aliphatic carbocycles. The molecule has 0 atom stereocenters. The van der Waals surface area contributed by atoms with Crippen LogP contribution in [0.4, 0.5) is 20.2 Å². The molecule has 2 aromatic carbocycles. The number of aromatic nitrogens is 2. The largest absolute Gasteiger partial charge is 0.550 e. The van der Waals surface area contributed by atoms with Crippen LogP contribution in [0.1, 0.15) is 47.4 Å². The maximum atomic E-state index is 14.5. The molecule has 20 heteroatoms. The predicted molar refractivity (Wildman–Crippen MR) is 196 cm³/mol. The van der Waals surface area contributed by atoms with Crippen LogP contribution in [0.3, 0.4) is 0 Å². The van der Waals surface area contributed by atoms with E-state index in [1.165, 1.54) is 24.5 Å². The molecule has 0 amide bonds. The number of nitrogens with two attached hydrogens (primary N) is 2. The van der Waals surface area contributed by atoms with E-state index in [0.717, 1.165) is 52.4 Å². The van der Waals surface area contributed by atoms with Crippen LogP contribution in [0.2, 0.25) is 0 Å². The van der Waals surface area contributed by atoms with Crippen molar-refractivity contribution in [2.75, 3.05) is 62.2 Å². The first-order valence-electron chi connectivity index (χ1n) is 17.4. The van der Waals surface area contributed by atoms with Gasteiger partial charge in [0.25, 0.3) is 0 Å². The molecule has 18 nitrogen and oxygen atoms in total. The lowest BCUT2D eigenvalue weighted by Gasteiger charge is -2.28. The SMILES string of the molecule is CCn1cc(C(=O)O)c(=O)c2cc(F)c(N3CC[NH2+]CC3)cc21.CCn1cc(C(=O)O)c(=O)c2cc(F)c(N3CC[NH2+]CC3)cc21.O.O.O=C([O-])CCC(=O)[O-]. The second-order valence-corrected chi connectivity index (χ2v) is 12.5. The Balaban J connectivity index is 0.000000316. The number of benzene rings is 2. The summed E-state index contributed by atoms with van der Waals surface area (Å²) >= 11 is 0. The molecule has 2 aliphatic heterocycles. The summed E-state index contributed by atoms with van der Waals surface area (Å²) in [6, 6.07) is 5.66. The number of nitrogens with zero attached hydrogens (tertiary/aromatic N) is 4. The molecule has 0 radical (unpaired) electrons. The Bertz CT molecular complexity index is 2030. The number of hydrogen-bond acceptors (Lipinski definition) is 10. The molecule has 0 saturated carbocycles. The number of carbonyl (C=O) groups is 4. The average molecular weight is 793 g/mol. The first kappa shape index (κ1) is 46.2. The number of fused-ring (bicyclic) bond motifs is 2. The van der Waals surface area contributed by atoms with Gasteiger partial charge in [-0.2, -0.15) is 0 Å². The van der Waals surface area contributed by atoms with Crippen LogP contribution in [-0.4, -0.2) is 107 Å². The molecule has 2 saturated heterocycles. The third-order valence-corrected chi connectivity index (χ3v) is 9.07. The normalized spacial score (nSPS) is 13.6. The van der Waals surface area contributed by atoms with E-state index in [0.29, 0.717) is 35.5 Å². The van der Waals surface area contributed by atoms with E-state index in [2.05, 4.69) is 10.6 Å². The number of aromatic carboxylic acids is 2. The molecule has 2 aliphatic rings. The van der Waals surface area contributed by atoms with Gasteiger partial charge in [0.05, 0.1) is 74.8 Å². The summed E-state index contributed by atoms with van der Waals surface area (Å²) in [4.78, 5) is 70.0. The summed E-state index contributed by atoms with van der Waals surface area (Å²) in [7, 11) is 0. The molecule has 0 bridgehead atoms. The second-order valence-electron chi connectivity index (χ2n) is 12.5. The minimum absolute atomic E-state index is 0. The van der Waals surface area contributed by atoms with Crippen molar-refractivity contribution in [1.82, 2.24) is 9.13 Å². The molecule has 4 aromatic rings. The summed E-state index contributed by atoms with van der Waals surface area (Å²) in [5, 5.41) is 41.9. The average Bonchev–Trinajstić information content (AvgIpc) is 3.15. The van der Waals surface area contributed by atoms with Crippen molar-refractivity contribution in [3.8, 4) is 0 Å². The van der Waals surface area contributed by atoms with Gasteiger partial charge in [0.2, 0.25) is 10.9 Å². The van der Waals surface area contributed by atoms with Crippen LogP contribution in [0.25, 0.3) is 21.8 Å². The molecule has 6 rings (SSSR count). The number of pyridine rings is 2. The first-order chi connectivity index (χ1) is 25.7. The zero-order valence-corrected chi connectivity index (χ0v) is 30.8. The molecule has 4 heterocycles. The van der Waals surface area contributed by atoms with Gasteiger partial charge in [-0.25, -0.2) is 18.4 Å². The fraction of sp³-hybridized carbons (Fsp3) is 0.389. The first-order valence-corrected chi connectivity index (χ1v) is 17.4. The predicted octanol–water partition coefficient (Wildman–Crippen LogP) is -3.90. The molecule has 0 unspecified atom stereocenters.